The molecule has 98 valence electrons. The van der Waals surface area contributed by atoms with E-state index in [2.05, 4.69) is 4.98 Å². The fourth-order valence-electron chi connectivity index (χ4n) is 0.976. The van der Waals surface area contributed by atoms with Crippen LogP contribution in [0.2, 0.25) is 0 Å². The average Bonchev–Trinajstić information content (AvgIpc) is 2.34. The highest BCUT2D eigenvalue weighted by atomic mass is 33.1. The molecule has 1 atom stereocenters. The molecule has 1 heterocycles. The van der Waals surface area contributed by atoms with Crippen molar-refractivity contribution in [3.63, 3.8) is 0 Å². The fourth-order valence-corrected chi connectivity index (χ4v) is 3.00. The number of pyridine rings is 1. The number of hydrogen-bond acceptors (Lipinski definition) is 7. The maximum absolute atomic E-state index is 10.8. The van der Waals surface area contributed by atoms with Crippen molar-refractivity contribution in [2.75, 3.05) is 6.61 Å². The second-order valence-electron chi connectivity index (χ2n) is 3.38. The van der Waals surface area contributed by atoms with E-state index in [-0.39, 0.29) is 23.5 Å². The van der Waals surface area contributed by atoms with E-state index in [1.165, 1.54) is 46.8 Å². The molecular weight excluding hydrogens is 276 g/mol. The van der Waals surface area contributed by atoms with Gasteiger partial charge in [-0.25, -0.2) is 4.98 Å². The molecule has 0 aliphatic rings. The Balaban J connectivity index is 2.53. The number of rotatable bonds is 6. The molecule has 0 amide bonds. The van der Waals surface area contributed by atoms with E-state index in [9.17, 15) is 14.9 Å². The Morgan fingerprint density at radius 2 is 2.39 bits per heavy atom. The van der Waals surface area contributed by atoms with E-state index in [0.29, 0.717) is 5.03 Å². The van der Waals surface area contributed by atoms with Crippen molar-refractivity contribution >= 4 is 33.2 Å². The molecule has 0 fully saturated rings. The van der Waals surface area contributed by atoms with Gasteiger partial charge in [-0.05, 0) is 23.8 Å². The van der Waals surface area contributed by atoms with Gasteiger partial charge in [-0.1, -0.05) is 10.8 Å². The van der Waals surface area contributed by atoms with Crippen LogP contribution < -0.4 is 0 Å². The number of aromatic nitrogens is 1. The Kier molecular flexibility index (Phi) is 5.93. The molecule has 0 saturated heterocycles. The lowest BCUT2D eigenvalue weighted by Gasteiger charge is -2.09. The van der Waals surface area contributed by atoms with E-state index in [0.717, 1.165) is 0 Å². The van der Waals surface area contributed by atoms with Crippen LogP contribution in [0.4, 0.5) is 5.69 Å². The Labute approximate surface area is 112 Å². The zero-order valence-corrected chi connectivity index (χ0v) is 11.5. The van der Waals surface area contributed by atoms with Gasteiger partial charge in [0, 0.05) is 24.4 Å². The Hall–Kier alpha value is -1.28. The van der Waals surface area contributed by atoms with Gasteiger partial charge in [0.1, 0.15) is 6.61 Å². The molecule has 1 aromatic rings. The average molecular weight is 288 g/mol. The van der Waals surface area contributed by atoms with Crippen LogP contribution in [0, 0.1) is 10.1 Å². The van der Waals surface area contributed by atoms with E-state index in [4.69, 9.17) is 4.74 Å². The van der Waals surface area contributed by atoms with Crippen molar-refractivity contribution in [1.82, 2.24) is 4.98 Å². The van der Waals surface area contributed by atoms with Crippen LogP contribution in [0.25, 0.3) is 0 Å². The Bertz CT molecular complexity index is 442. The Morgan fingerprint density at radius 1 is 1.67 bits per heavy atom. The van der Waals surface area contributed by atoms with Gasteiger partial charge in [-0.15, -0.1) is 0 Å². The van der Waals surface area contributed by atoms with E-state index in [1.807, 2.05) is 6.92 Å². The standard InChI is InChI=1S/C10H12N2O4S2/c1-7(6-16-8(2)13)17-18-10-9(12(14)15)4-3-5-11-10/h3-5,7H,6H2,1-2H3/t7-/m1/s1. The SMILES string of the molecule is CC(=O)OC[C@@H](C)SSc1ncccc1[N+](=O)[O-]. The number of nitrogens with zero attached hydrogens (tertiary/aromatic N) is 2. The van der Waals surface area contributed by atoms with Gasteiger partial charge in [0.25, 0.3) is 0 Å². The first-order chi connectivity index (χ1) is 8.50. The largest absolute Gasteiger partial charge is 0.465 e. The van der Waals surface area contributed by atoms with Crippen LogP contribution in [-0.4, -0.2) is 27.7 Å². The van der Waals surface area contributed by atoms with E-state index in [1.54, 1.807) is 0 Å². The molecule has 0 radical (unpaired) electrons. The van der Waals surface area contributed by atoms with Crippen molar-refractivity contribution in [3.05, 3.63) is 28.4 Å². The van der Waals surface area contributed by atoms with Gasteiger partial charge in [0.05, 0.1) is 4.92 Å². The van der Waals surface area contributed by atoms with Gasteiger partial charge in [-0.3, -0.25) is 14.9 Å². The molecule has 1 rings (SSSR count). The highest BCUT2D eigenvalue weighted by molar-refractivity contribution is 8.76. The zero-order chi connectivity index (χ0) is 13.5. The molecule has 0 aliphatic carbocycles. The molecule has 1 aromatic heterocycles. The summed E-state index contributed by atoms with van der Waals surface area (Å²) in [6.07, 6.45) is 1.51. The summed E-state index contributed by atoms with van der Waals surface area (Å²) in [4.78, 5) is 24.9. The fraction of sp³-hybridized carbons (Fsp3) is 0.400. The van der Waals surface area contributed by atoms with E-state index < -0.39 is 4.92 Å². The van der Waals surface area contributed by atoms with Crippen molar-refractivity contribution < 1.29 is 14.5 Å². The first-order valence-corrected chi connectivity index (χ1v) is 7.28. The molecule has 8 heteroatoms. The summed E-state index contributed by atoms with van der Waals surface area (Å²) in [5.74, 6) is -0.337. The molecule has 0 aromatic carbocycles. The minimum Gasteiger partial charge on any atom is -0.465 e. The van der Waals surface area contributed by atoms with Crippen LogP contribution in [0.3, 0.4) is 0 Å². The van der Waals surface area contributed by atoms with Crippen LogP contribution in [0.5, 0.6) is 0 Å². The highest BCUT2D eigenvalue weighted by Gasteiger charge is 2.16. The molecule has 0 aliphatic heterocycles. The van der Waals surface area contributed by atoms with Crippen molar-refractivity contribution in [3.8, 4) is 0 Å². The minimum absolute atomic E-state index is 0.0188. The quantitative estimate of drug-likeness (QED) is 0.344. The molecule has 6 nitrogen and oxygen atoms in total. The molecule has 18 heavy (non-hydrogen) atoms. The summed E-state index contributed by atoms with van der Waals surface area (Å²) in [6, 6.07) is 2.93. The first-order valence-electron chi connectivity index (χ1n) is 5.06. The smallest absolute Gasteiger partial charge is 0.302 e. The van der Waals surface area contributed by atoms with Gasteiger partial charge < -0.3 is 4.74 Å². The van der Waals surface area contributed by atoms with Gasteiger partial charge >= 0.3 is 11.7 Å². The predicted molar refractivity (Wildman–Crippen MR) is 70.4 cm³/mol. The lowest BCUT2D eigenvalue weighted by Crippen LogP contribution is -2.09. The predicted octanol–water partition coefficient (Wildman–Crippen LogP) is 2.68. The molecule has 0 bridgehead atoms. The number of carbonyl (C=O) groups is 1. The number of ether oxygens (including phenoxy) is 1. The summed E-state index contributed by atoms with van der Waals surface area (Å²) in [7, 11) is 2.58. The van der Waals surface area contributed by atoms with Crippen LogP contribution in [0.1, 0.15) is 13.8 Å². The van der Waals surface area contributed by atoms with Crippen LogP contribution in [-0.2, 0) is 9.53 Å². The summed E-state index contributed by atoms with van der Waals surface area (Å²) in [5, 5.41) is 11.1. The number of nitro groups is 1. The van der Waals surface area contributed by atoms with Gasteiger partial charge in [0.15, 0.2) is 5.03 Å². The normalized spacial score (nSPS) is 11.9. The maximum Gasteiger partial charge on any atom is 0.302 e. The van der Waals surface area contributed by atoms with E-state index >= 15 is 0 Å². The minimum atomic E-state index is -0.466. The summed E-state index contributed by atoms with van der Waals surface area (Å²) in [6.45, 7) is 3.48. The van der Waals surface area contributed by atoms with Crippen LogP contribution in [0.15, 0.2) is 23.4 Å². The first kappa shape index (κ1) is 14.8. The summed E-state index contributed by atoms with van der Waals surface area (Å²) in [5.41, 5.74) is -0.0188. The number of esters is 1. The topological polar surface area (TPSA) is 82.3 Å². The highest BCUT2D eigenvalue weighted by Crippen LogP contribution is 2.37. The monoisotopic (exact) mass is 288 g/mol. The third kappa shape index (κ3) is 4.92. The number of carbonyl (C=O) groups excluding carboxylic acids is 1. The second-order valence-corrected chi connectivity index (χ2v) is 6.01. The Morgan fingerprint density at radius 3 is 3.00 bits per heavy atom. The molecule has 0 saturated carbocycles. The molecule has 0 unspecified atom stereocenters. The summed E-state index contributed by atoms with van der Waals surface area (Å²) >= 11 is 0. The summed E-state index contributed by atoms with van der Waals surface area (Å²) < 4.78 is 4.84. The zero-order valence-electron chi connectivity index (χ0n) is 9.86. The lowest BCUT2D eigenvalue weighted by atomic mass is 10.4. The third-order valence-electron chi connectivity index (χ3n) is 1.76. The van der Waals surface area contributed by atoms with Crippen molar-refractivity contribution in [2.24, 2.45) is 0 Å². The molecular formula is C10H12N2O4S2. The maximum atomic E-state index is 10.8. The second kappa shape index (κ2) is 7.22. The van der Waals surface area contributed by atoms with Gasteiger partial charge in [-0.2, -0.15) is 0 Å². The van der Waals surface area contributed by atoms with Crippen LogP contribution >= 0.6 is 21.6 Å². The number of hydrogen-bond donors (Lipinski definition) is 0. The third-order valence-corrected chi connectivity index (χ3v) is 4.54. The van der Waals surface area contributed by atoms with Crippen molar-refractivity contribution in [1.29, 1.82) is 0 Å². The molecule has 0 spiro atoms. The van der Waals surface area contributed by atoms with Crippen molar-refractivity contribution in [2.45, 2.75) is 24.1 Å². The lowest BCUT2D eigenvalue weighted by molar-refractivity contribution is -0.388. The molecule has 0 N–H and O–H groups in total. The van der Waals surface area contributed by atoms with Gasteiger partial charge in [0.2, 0.25) is 0 Å².